The second-order valence-electron chi connectivity index (χ2n) is 8.59. The molecule has 1 saturated carbocycles. The van der Waals surface area contributed by atoms with Crippen LogP contribution in [0.4, 0.5) is 19.1 Å². The number of fused-ring (bicyclic) bond motifs is 1. The first kappa shape index (κ1) is 21.4. The highest BCUT2D eigenvalue weighted by molar-refractivity contribution is 5.95. The van der Waals surface area contributed by atoms with E-state index in [4.69, 9.17) is 0 Å². The molecule has 3 heterocycles. The maximum atomic E-state index is 13.1. The molecule has 1 aliphatic heterocycles. The van der Waals surface area contributed by atoms with Gasteiger partial charge in [0.05, 0.1) is 11.6 Å². The van der Waals surface area contributed by atoms with Crippen molar-refractivity contribution in [3.8, 4) is 11.3 Å². The van der Waals surface area contributed by atoms with Gasteiger partial charge in [-0.05, 0) is 49.9 Å². The quantitative estimate of drug-likeness (QED) is 0.638. The van der Waals surface area contributed by atoms with Crippen molar-refractivity contribution in [2.45, 2.75) is 31.9 Å². The molecule has 2 amide bonds. The van der Waals surface area contributed by atoms with Gasteiger partial charge in [0.2, 0.25) is 11.9 Å². The number of aromatic nitrogens is 3. The fourth-order valence-electron chi connectivity index (χ4n) is 4.13. The zero-order chi connectivity index (χ0) is 23.2. The average molecular weight is 457 g/mol. The summed E-state index contributed by atoms with van der Waals surface area (Å²) in [5, 5.41) is 7.13. The third kappa shape index (κ3) is 4.42. The monoisotopic (exact) mass is 457 g/mol. The van der Waals surface area contributed by atoms with E-state index in [1.807, 2.05) is 12.1 Å². The maximum absolute atomic E-state index is 13.1. The van der Waals surface area contributed by atoms with Crippen molar-refractivity contribution < 1.29 is 22.8 Å². The van der Waals surface area contributed by atoms with Crippen LogP contribution in [0.25, 0.3) is 16.9 Å². The highest BCUT2D eigenvalue weighted by Crippen LogP contribution is 2.34. The Hall–Kier alpha value is -3.43. The van der Waals surface area contributed by atoms with Gasteiger partial charge in [-0.1, -0.05) is 18.2 Å². The van der Waals surface area contributed by atoms with Crippen LogP contribution in [0.2, 0.25) is 0 Å². The lowest BCUT2D eigenvalue weighted by atomic mass is 9.96. The second-order valence-corrected chi connectivity index (χ2v) is 8.59. The van der Waals surface area contributed by atoms with Crippen molar-refractivity contribution in [2.75, 3.05) is 18.4 Å². The zero-order valence-electron chi connectivity index (χ0n) is 17.7. The maximum Gasteiger partial charge on any atom is 0.393 e. The van der Waals surface area contributed by atoms with Crippen LogP contribution in [0, 0.1) is 11.8 Å². The number of benzene rings is 1. The van der Waals surface area contributed by atoms with Gasteiger partial charge >= 0.3 is 6.18 Å². The number of alkyl halides is 3. The predicted molar refractivity (Wildman–Crippen MR) is 114 cm³/mol. The van der Waals surface area contributed by atoms with E-state index in [9.17, 15) is 22.8 Å². The number of piperidine rings is 1. The highest BCUT2D eigenvalue weighted by Gasteiger charge is 2.42. The molecule has 2 aromatic heterocycles. The largest absolute Gasteiger partial charge is 0.393 e. The summed E-state index contributed by atoms with van der Waals surface area (Å²) in [5.41, 5.74) is 2.37. The SMILES string of the molecule is O=C(Nc1nc2cccc(-c3ccc(C(=O)N4CCCC(C(F)(F)F)C4)cc3)n2n1)C1CC1. The summed E-state index contributed by atoms with van der Waals surface area (Å²) >= 11 is 0. The summed E-state index contributed by atoms with van der Waals surface area (Å²) in [6.07, 6.45) is -2.15. The lowest BCUT2D eigenvalue weighted by Gasteiger charge is -2.33. The molecule has 1 atom stereocenters. The summed E-state index contributed by atoms with van der Waals surface area (Å²) in [4.78, 5) is 30.4. The fourth-order valence-corrected chi connectivity index (χ4v) is 4.13. The summed E-state index contributed by atoms with van der Waals surface area (Å²) in [6, 6.07) is 12.1. The van der Waals surface area contributed by atoms with Gasteiger partial charge in [-0.3, -0.25) is 14.9 Å². The number of hydrogen-bond acceptors (Lipinski definition) is 4. The van der Waals surface area contributed by atoms with Crippen molar-refractivity contribution in [3.05, 3.63) is 48.0 Å². The molecule has 0 bridgehead atoms. The molecule has 33 heavy (non-hydrogen) atoms. The molecule has 2 aliphatic rings. The first-order valence-corrected chi connectivity index (χ1v) is 10.9. The van der Waals surface area contributed by atoms with Crippen LogP contribution in [0.5, 0.6) is 0 Å². The van der Waals surface area contributed by atoms with E-state index in [1.54, 1.807) is 34.8 Å². The van der Waals surface area contributed by atoms with Gasteiger partial charge in [-0.25, -0.2) is 4.52 Å². The Morgan fingerprint density at radius 3 is 2.48 bits per heavy atom. The molecule has 10 heteroatoms. The van der Waals surface area contributed by atoms with E-state index >= 15 is 0 Å². The molecule has 1 unspecified atom stereocenters. The van der Waals surface area contributed by atoms with E-state index in [0.717, 1.165) is 18.4 Å². The van der Waals surface area contributed by atoms with Gasteiger partial charge in [0.15, 0.2) is 5.65 Å². The number of halogens is 3. The summed E-state index contributed by atoms with van der Waals surface area (Å²) in [6.45, 7) is 0.0124. The van der Waals surface area contributed by atoms with Crippen molar-refractivity contribution >= 4 is 23.4 Å². The summed E-state index contributed by atoms with van der Waals surface area (Å²) < 4.78 is 40.9. The molecule has 1 N–H and O–H groups in total. The number of pyridine rings is 1. The Kier molecular flexibility index (Phi) is 5.30. The molecule has 0 radical (unpaired) electrons. The molecule has 1 saturated heterocycles. The third-order valence-electron chi connectivity index (χ3n) is 6.14. The molecule has 5 rings (SSSR count). The van der Waals surface area contributed by atoms with Crippen LogP contribution < -0.4 is 5.32 Å². The van der Waals surface area contributed by atoms with E-state index in [1.165, 1.54) is 4.90 Å². The highest BCUT2D eigenvalue weighted by atomic mass is 19.4. The van der Waals surface area contributed by atoms with Crippen LogP contribution >= 0.6 is 0 Å². The minimum absolute atomic E-state index is 0.0347. The van der Waals surface area contributed by atoms with Crippen molar-refractivity contribution in [1.82, 2.24) is 19.5 Å². The minimum atomic E-state index is -4.30. The van der Waals surface area contributed by atoms with Gasteiger partial charge in [0, 0.05) is 30.1 Å². The van der Waals surface area contributed by atoms with Crippen LogP contribution in [0.15, 0.2) is 42.5 Å². The molecular formula is C23H22F3N5O2. The smallest absolute Gasteiger partial charge is 0.338 e. The van der Waals surface area contributed by atoms with Crippen LogP contribution in [0.3, 0.4) is 0 Å². The molecule has 7 nitrogen and oxygen atoms in total. The standard InChI is InChI=1S/C23H22F3N5O2/c24-23(25,26)17-3-2-12-30(13-17)21(33)16-10-6-14(7-11-16)18-4-1-5-19-27-22(29-31(18)19)28-20(32)15-8-9-15/h1,4-7,10-11,15,17H,2-3,8-9,12-13H2,(H,28,29,32). The van der Waals surface area contributed by atoms with E-state index in [-0.39, 0.29) is 30.7 Å². The van der Waals surface area contributed by atoms with E-state index in [2.05, 4.69) is 15.4 Å². The molecule has 0 spiro atoms. The number of carbonyl (C=O) groups is 2. The number of amides is 2. The fraction of sp³-hybridized carbons (Fsp3) is 0.391. The molecular weight excluding hydrogens is 435 g/mol. The molecule has 172 valence electrons. The topological polar surface area (TPSA) is 79.6 Å². The van der Waals surface area contributed by atoms with Crippen LogP contribution in [-0.4, -0.2) is 50.6 Å². The normalized spacial score (nSPS) is 19.0. The third-order valence-corrected chi connectivity index (χ3v) is 6.14. The number of anilines is 1. The Bertz CT molecular complexity index is 1200. The van der Waals surface area contributed by atoms with Gasteiger partial charge in [0.25, 0.3) is 5.91 Å². The molecule has 2 fully saturated rings. The van der Waals surface area contributed by atoms with Gasteiger partial charge < -0.3 is 4.90 Å². The number of likely N-dealkylation sites (tertiary alicyclic amines) is 1. The number of nitrogens with one attached hydrogen (secondary N) is 1. The number of hydrogen-bond donors (Lipinski definition) is 1. The second kappa shape index (κ2) is 8.17. The van der Waals surface area contributed by atoms with Gasteiger partial charge in [0.1, 0.15) is 0 Å². The average Bonchev–Trinajstić information content (AvgIpc) is 3.58. The predicted octanol–water partition coefficient (Wildman–Crippen LogP) is 4.16. The Labute approximate surface area is 187 Å². The molecule has 1 aliphatic carbocycles. The van der Waals surface area contributed by atoms with Gasteiger partial charge in [-0.2, -0.15) is 18.2 Å². The first-order chi connectivity index (χ1) is 15.8. The number of nitrogens with zero attached hydrogens (tertiary/aromatic N) is 4. The molecule has 1 aromatic carbocycles. The van der Waals surface area contributed by atoms with E-state index in [0.29, 0.717) is 29.9 Å². The van der Waals surface area contributed by atoms with Crippen molar-refractivity contribution in [2.24, 2.45) is 11.8 Å². The molecule has 3 aromatic rings. The minimum Gasteiger partial charge on any atom is -0.338 e. The lowest BCUT2D eigenvalue weighted by Crippen LogP contribution is -2.44. The number of rotatable bonds is 4. The summed E-state index contributed by atoms with van der Waals surface area (Å²) in [7, 11) is 0. The summed E-state index contributed by atoms with van der Waals surface area (Å²) in [5.74, 6) is -1.70. The zero-order valence-corrected chi connectivity index (χ0v) is 17.7. The van der Waals surface area contributed by atoms with Crippen LogP contribution in [0.1, 0.15) is 36.0 Å². The lowest BCUT2D eigenvalue weighted by molar-refractivity contribution is -0.184. The number of carbonyl (C=O) groups excluding carboxylic acids is 2. The first-order valence-electron chi connectivity index (χ1n) is 10.9. The Morgan fingerprint density at radius 1 is 1.03 bits per heavy atom. The van der Waals surface area contributed by atoms with Crippen molar-refractivity contribution in [3.63, 3.8) is 0 Å². The van der Waals surface area contributed by atoms with Crippen LogP contribution in [-0.2, 0) is 4.79 Å². The Morgan fingerprint density at radius 2 is 1.79 bits per heavy atom. The Balaban J connectivity index is 1.35. The van der Waals surface area contributed by atoms with Gasteiger partial charge in [-0.15, -0.1) is 5.10 Å². The van der Waals surface area contributed by atoms with E-state index < -0.39 is 18.0 Å². The van der Waals surface area contributed by atoms with Crippen molar-refractivity contribution in [1.29, 1.82) is 0 Å².